The molecule has 0 aliphatic carbocycles. The van der Waals surface area contributed by atoms with Crippen molar-refractivity contribution in [3.8, 4) is 44.7 Å². The van der Waals surface area contributed by atoms with Gasteiger partial charge in [-0.05, 0) is 62.6 Å². The zero-order valence-corrected chi connectivity index (χ0v) is 29.2. The van der Waals surface area contributed by atoms with Crippen LogP contribution in [0.3, 0.4) is 0 Å². The molecule has 11 rings (SSSR count). The van der Waals surface area contributed by atoms with Gasteiger partial charge >= 0.3 is 0 Å². The Hall–Kier alpha value is -6.34. The van der Waals surface area contributed by atoms with E-state index in [-0.39, 0.29) is 0 Å². The van der Waals surface area contributed by atoms with Crippen molar-refractivity contribution in [1.82, 2.24) is 19.9 Å². The first kappa shape index (κ1) is 29.4. The molecular weight excluding hydrogens is 673 g/mol. The van der Waals surface area contributed by atoms with E-state index in [0.29, 0.717) is 17.5 Å². The summed E-state index contributed by atoms with van der Waals surface area (Å²) in [6, 6.07) is 55.6. The van der Waals surface area contributed by atoms with Crippen LogP contribution in [-0.4, -0.2) is 19.9 Å². The van der Waals surface area contributed by atoms with Gasteiger partial charge in [-0.1, -0.05) is 127 Å². The molecule has 3 heterocycles. The number of thiazole rings is 1. The highest BCUT2D eigenvalue weighted by atomic mass is 32.1. The quantitative estimate of drug-likeness (QED) is 0.172. The van der Waals surface area contributed by atoms with Crippen LogP contribution in [-0.2, 0) is 0 Å². The third kappa shape index (κ3) is 4.73. The predicted molar refractivity (Wildman–Crippen MR) is 220 cm³/mol. The average molecular weight is 699 g/mol. The molecule has 52 heavy (non-hydrogen) atoms. The van der Waals surface area contributed by atoms with E-state index >= 15 is 0 Å². The van der Waals surface area contributed by atoms with E-state index in [1.54, 1.807) is 22.7 Å². The lowest BCUT2D eigenvalue weighted by molar-refractivity contribution is 1.08. The normalized spacial score (nSPS) is 11.8. The Morgan fingerprint density at radius 3 is 1.92 bits per heavy atom. The van der Waals surface area contributed by atoms with Crippen molar-refractivity contribution < 1.29 is 0 Å². The van der Waals surface area contributed by atoms with Crippen LogP contribution in [0.4, 0.5) is 0 Å². The van der Waals surface area contributed by atoms with E-state index in [2.05, 4.69) is 152 Å². The minimum absolute atomic E-state index is 0.647. The lowest BCUT2D eigenvalue weighted by Crippen LogP contribution is -2.01. The first-order chi connectivity index (χ1) is 25.7. The van der Waals surface area contributed by atoms with E-state index < -0.39 is 0 Å². The number of benzene rings is 8. The Morgan fingerprint density at radius 2 is 1.06 bits per heavy atom. The zero-order valence-electron chi connectivity index (χ0n) is 27.6. The molecule has 0 N–H and O–H groups in total. The molecule has 0 aliphatic rings. The molecular formula is C46H26N4S2. The second-order valence-electron chi connectivity index (χ2n) is 13.0. The lowest BCUT2D eigenvalue weighted by Gasteiger charge is -2.13. The second kappa shape index (κ2) is 11.6. The number of rotatable bonds is 4. The summed E-state index contributed by atoms with van der Waals surface area (Å²) in [6.45, 7) is 0. The second-order valence-corrected chi connectivity index (χ2v) is 15.2. The van der Waals surface area contributed by atoms with Crippen LogP contribution in [0.15, 0.2) is 158 Å². The van der Waals surface area contributed by atoms with Gasteiger partial charge < -0.3 is 0 Å². The molecule has 0 bridgehead atoms. The Morgan fingerprint density at radius 1 is 0.346 bits per heavy atom. The van der Waals surface area contributed by atoms with Crippen LogP contribution in [0, 0.1) is 0 Å². The smallest absolute Gasteiger partial charge is 0.164 e. The Bertz CT molecular complexity index is 3200. The zero-order chi connectivity index (χ0) is 34.2. The summed E-state index contributed by atoms with van der Waals surface area (Å²) in [7, 11) is 0. The third-order valence-corrected chi connectivity index (χ3v) is 12.1. The summed E-state index contributed by atoms with van der Waals surface area (Å²) in [5, 5.41) is 10.3. The SMILES string of the molecule is c1ccc(-c2nc3cc4c(cc3s2)sc2cccc(-c3nc(-c5ccc6ccccc6c5)nc(-c5cc6ccccc6c6ccccc56)n3)c24)cc1. The van der Waals surface area contributed by atoms with E-state index in [1.807, 2.05) is 6.07 Å². The number of aromatic nitrogens is 4. The van der Waals surface area contributed by atoms with Crippen molar-refractivity contribution in [2.75, 3.05) is 0 Å². The van der Waals surface area contributed by atoms with Crippen molar-refractivity contribution in [1.29, 1.82) is 0 Å². The summed E-state index contributed by atoms with van der Waals surface area (Å²) in [5.74, 6) is 1.95. The molecule has 0 atom stereocenters. The number of hydrogen-bond donors (Lipinski definition) is 0. The largest absolute Gasteiger partial charge is 0.236 e. The monoisotopic (exact) mass is 698 g/mol. The fourth-order valence-corrected chi connectivity index (χ4v) is 9.67. The summed E-state index contributed by atoms with van der Waals surface area (Å²) in [5.41, 5.74) is 5.06. The molecule has 0 fully saturated rings. The van der Waals surface area contributed by atoms with Gasteiger partial charge in [-0.25, -0.2) is 19.9 Å². The molecule has 6 heteroatoms. The topological polar surface area (TPSA) is 51.6 Å². The van der Waals surface area contributed by atoms with Crippen molar-refractivity contribution in [3.63, 3.8) is 0 Å². The van der Waals surface area contributed by atoms with Gasteiger partial charge in [0.1, 0.15) is 5.01 Å². The Balaban J connectivity index is 1.18. The molecule has 0 spiro atoms. The van der Waals surface area contributed by atoms with Gasteiger partial charge in [0.25, 0.3) is 0 Å². The highest BCUT2D eigenvalue weighted by Crippen LogP contribution is 2.43. The fraction of sp³-hybridized carbons (Fsp3) is 0. The van der Waals surface area contributed by atoms with Gasteiger partial charge in [-0.15, -0.1) is 22.7 Å². The maximum Gasteiger partial charge on any atom is 0.164 e. The Labute approximate surface area is 306 Å². The summed E-state index contributed by atoms with van der Waals surface area (Å²) >= 11 is 3.54. The molecule has 8 aromatic carbocycles. The lowest BCUT2D eigenvalue weighted by atomic mass is 9.96. The van der Waals surface area contributed by atoms with Crippen LogP contribution in [0.25, 0.3) is 107 Å². The Kier molecular flexibility index (Phi) is 6.56. The van der Waals surface area contributed by atoms with Gasteiger partial charge in [-0.3, -0.25) is 0 Å². The maximum atomic E-state index is 5.33. The first-order valence-electron chi connectivity index (χ1n) is 17.2. The highest BCUT2D eigenvalue weighted by Gasteiger charge is 2.20. The first-order valence-corrected chi connectivity index (χ1v) is 18.8. The molecule has 0 saturated carbocycles. The molecule has 0 saturated heterocycles. The molecule has 0 radical (unpaired) electrons. The van der Waals surface area contributed by atoms with Gasteiger partial charge in [-0.2, -0.15) is 0 Å². The van der Waals surface area contributed by atoms with Crippen LogP contribution in [0.5, 0.6) is 0 Å². The standard InChI is InChI=1S/C46H26N4S2/c1-2-12-28(13-3-1)46-47-38-25-37-40(26-41(38)52-46)51-39-20-10-19-35(42(37)39)44-48-43(31-22-21-27-11-4-5-14-29(27)23-31)49-45(50-44)36-24-30-15-6-7-16-32(30)33-17-8-9-18-34(33)36/h1-26H. The van der Waals surface area contributed by atoms with Crippen molar-refractivity contribution in [2.24, 2.45) is 0 Å². The van der Waals surface area contributed by atoms with Gasteiger partial charge in [0.2, 0.25) is 0 Å². The van der Waals surface area contributed by atoms with Crippen LogP contribution < -0.4 is 0 Å². The maximum absolute atomic E-state index is 5.33. The molecule has 0 unspecified atom stereocenters. The molecule has 0 aliphatic heterocycles. The molecule has 11 aromatic rings. The number of fused-ring (bicyclic) bond motifs is 8. The van der Waals surface area contributed by atoms with Crippen molar-refractivity contribution in [3.05, 3.63) is 158 Å². The summed E-state index contributed by atoms with van der Waals surface area (Å²) in [4.78, 5) is 20.9. The average Bonchev–Trinajstić information content (AvgIpc) is 3.80. The highest BCUT2D eigenvalue weighted by molar-refractivity contribution is 7.26. The van der Waals surface area contributed by atoms with Crippen molar-refractivity contribution in [2.45, 2.75) is 0 Å². The van der Waals surface area contributed by atoms with Gasteiger partial charge in [0.15, 0.2) is 17.5 Å². The molecule has 0 amide bonds. The summed E-state index contributed by atoms with van der Waals surface area (Å²) in [6.07, 6.45) is 0. The van der Waals surface area contributed by atoms with Crippen LogP contribution in [0.2, 0.25) is 0 Å². The van der Waals surface area contributed by atoms with E-state index in [4.69, 9.17) is 19.9 Å². The number of thiophene rings is 1. The van der Waals surface area contributed by atoms with E-state index in [1.165, 1.54) is 35.6 Å². The predicted octanol–water partition coefficient (Wildman–Crippen LogP) is 13.0. The van der Waals surface area contributed by atoms with E-state index in [0.717, 1.165) is 54.3 Å². The van der Waals surface area contributed by atoms with Crippen LogP contribution >= 0.6 is 22.7 Å². The summed E-state index contributed by atoms with van der Waals surface area (Å²) < 4.78 is 3.60. The third-order valence-electron chi connectivity index (χ3n) is 9.92. The number of hydrogen-bond acceptors (Lipinski definition) is 6. The van der Waals surface area contributed by atoms with Crippen molar-refractivity contribution >= 4 is 85.4 Å². The van der Waals surface area contributed by atoms with E-state index in [9.17, 15) is 0 Å². The van der Waals surface area contributed by atoms with Crippen LogP contribution in [0.1, 0.15) is 0 Å². The number of nitrogens with zero attached hydrogens (tertiary/aromatic N) is 4. The van der Waals surface area contributed by atoms with Gasteiger partial charge in [0.05, 0.1) is 10.2 Å². The van der Waals surface area contributed by atoms with Gasteiger partial charge in [0, 0.05) is 42.4 Å². The minimum atomic E-state index is 0.647. The molecule has 4 nitrogen and oxygen atoms in total. The molecule has 3 aromatic heterocycles. The fourth-order valence-electron chi connectivity index (χ4n) is 7.45. The molecule has 242 valence electrons. The minimum Gasteiger partial charge on any atom is -0.236 e.